The van der Waals surface area contributed by atoms with Gasteiger partial charge in [-0.3, -0.25) is 14.4 Å². The minimum Gasteiger partial charge on any atom is -0.370 e. The van der Waals surface area contributed by atoms with Crippen LogP contribution >= 0.6 is 0 Å². The number of hydrogen-bond donors (Lipinski definition) is 2. The summed E-state index contributed by atoms with van der Waals surface area (Å²) in [6.45, 7) is 6.45. The predicted molar refractivity (Wildman–Crippen MR) is 92.6 cm³/mol. The van der Waals surface area contributed by atoms with E-state index in [0.29, 0.717) is 19.7 Å². The average molecular weight is 347 g/mol. The predicted octanol–water partition coefficient (Wildman–Crippen LogP) is 0.617. The lowest BCUT2D eigenvalue weighted by molar-refractivity contribution is -0.143. The molecule has 1 saturated heterocycles. The Morgan fingerprint density at radius 1 is 1.16 bits per heavy atom. The number of rotatable bonds is 3. The molecule has 0 aromatic heterocycles. The van der Waals surface area contributed by atoms with Gasteiger partial charge in [0, 0.05) is 12.1 Å². The van der Waals surface area contributed by atoms with Crippen molar-refractivity contribution in [2.45, 2.75) is 32.4 Å². The number of nitrogens with zero attached hydrogens (tertiary/aromatic N) is 1. The van der Waals surface area contributed by atoms with E-state index in [1.165, 1.54) is 0 Å². The zero-order valence-electron chi connectivity index (χ0n) is 14.9. The summed E-state index contributed by atoms with van der Waals surface area (Å²) < 4.78 is 5.72. The Bertz CT molecular complexity index is 625. The first-order chi connectivity index (χ1) is 11.8. The van der Waals surface area contributed by atoms with Crippen LogP contribution in [0.2, 0.25) is 0 Å². The number of benzene rings is 1. The zero-order valence-corrected chi connectivity index (χ0v) is 14.9. The number of hydrogen-bond acceptors (Lipinski definition) is 4. The van der Waals surface area contributed by atoms with Gasteiger partial charge in [-0.1, -0.05) is 30.3 Å². The highest BCUT2D eigenvalue weighted by atomic mass is 16.5. The van der Waals surface area contributed by atoms with Crippen LogP contribution in [0.4, 0.5) is 0 Å². The van der Waals surface area contributed by atoms with Gasteiger partial charge in [-0.15, -0.1) is 0 Å². The van der Waals surface area contributed by atoms with E-state index < -0.39 is 17.4 Å². The summed E-state index contributed by atoms with van der Waals surface area (Å²) in [7, 11) is 0. The van der Waals surface area contributed by atoms with Gasteiger partial charge in [0.15, 0.2) is 0 Å². The molecule has 7 nitrogen and oxygen atoms in total. The second-order valence-corrected chi connectivity index (χ2v) is 7.00. The molecule has 1 heterocycles. The zero-order chi connectivity index (χ0) is 18.4. The first-order valence-electron chi connectivity index (χ1n) is 8.31. The topological polar surface area (TPSA) is 87.7 Å². The van der Waals surface area contributed by atoms with E-state index in [9.17, 15) is 14.4 Å². The van der Waals surface area contributed by atoms with Gasteiger partial charge in [0.25, 0.3) is 0 Å². The van der Waals surface area contributed by atoms with Crippen molar-refractivity contribution in [2.24, 2.45) is 0 Å². The smallest absolute Gasteiger partial charge is 0.309 e. The van der Waals surface area contributed by atoms with Crippen LogP contribution < -0.4 is 10.6 Å². The van der Waals surface area contributed by atoms with Crippen LogP contribution in [0.1, 0.15) is 32.4 Å². The van der Waals surface area contributed by atoms with E-state index in [1.54, 1.807) is 25.7 Å². The maximum Gasteiger partial charge on any atom is 0.309 e. The Labute approximate surface area is 147 Å². The Morgan fingerprint density at radius 3 is 2.48 bits per heavy atom. The second-order valence-electron chi connectivity index (χ2n) is 7.00. The summed E-state index contributed by atoms with van der Waals surface area (Å²) >= 11 is 0. The molecule has 0 bridgehead atoms. The molecule has 25 heavy (non-hydrogen) atoms. The van der Waals surface area contributed by atoms with E-state index in [2.05, 4.69) is 10.6 Å². The second kappa shape index (κ2) is 8.11. The van der Waals surface area contributed by atoms with Crippen LogP contribution in [0.5, 0.6) is 0 Å². The minimum atomic E-state index is -0.809. The minimum absolute atomic E-state index is 0.182. The SMILES string of the molecule is CC(C)(C)NC(=O)C(=O)NCC(=O)N1CCOC(c2ccccc2)C1. The third-order valence-electron chi connectivity index (χ3n) is 3.69. The lowest BCUT2D eigenvalue weighted by Gasteiger charge is -2.33. The van der Waals surface area contributed by atoms with Crippen LogP contribution in [0, 0.1) is 0 Å². The molecule has 2 rings (SSSR count). The van der Waals surface area contributed by atoms with Crippen molar-refractivity contribution in [3.63, 3.8) is 0 Å². The van der Waals surface area contributed by atoms with Crippen LogP contribution in [-0.2, 0) is 19.1 Å². The Hall–Kier alpha value is -2.41. The number of amides is 3. The molecule has 1 aliphatic heterocycles. The quantitative estimate of drug-likeness (QED) is 0.785. The molecule has 1 aliphatic rings. The van der Waals surface area contributed by atoms with Gasteiger partial charge in [-0.2, -0.15) is 0 Å². The lowest BCUT2D eigenvalue weighted by atomic mass is 10.1. The highest BCUT2D eigenvalue weighted by Crippen LogP contribution is 2.21. The van der Waals surface area contributed by atoms with Gasteiger partial charge in [0.1, 0.15) is 6.10 Å². The summed E-state index contributed by atoms with van der Waals surface area (Å²) in [4.78, 5) is 37.4. The average Bonchev–Trinajstić information content (AvgIpc) is 2.58. The number of morpholine rings is 1. The van der Waals surface area contributed by atoms with Gasteiger partial charge in [0.05, 0.1) is 19.7 Å². The molecule has 2 N–H and O–H groups in total. The highest BCUT2D eigenvalue weighted by Gasteiger charge is 2.26. The van der Waals surface area contributed by atoms with E-state index in [1.807, 2.05) is 30.3 Å². The van der Waals surface area contributed by atoms with E-state index in [-0.39, 0.29) is 18.6 Å². The van der Waals surface area contributed by atoms with Crippen molar-refractivity contribution in [3.05, 3.63) is 35.9 Å². The molecule has 0 spiro atoms. The number of ether oxygens (including phenoxy) is 1. The summed E-state index contributed by atoms with van der Waals surface area (Å²) in [5.41, 5.74) is 0.500. The molecular weight excluding hydrogens is 322 g/mol. The lowest BCUT2D eigenvalue weighted by Crippen LogP contribution is -2.51. The number of carbonyl (C=O) groups is 3. The van der Waals surface area contributed by atoms with Crippen LogP contribution in [-0.4, -0.2) is 54.4 Å². The largest absolute Gasteiger partial charge is 0.370 e. The molecule has 3 amide bonds. The molecule has 0 saturated carbocycles. The fraction of sp³-hybridized carbons (Fsp3) is 0.500. The monoisotopic (exact) mass is 347 g/mol. The van der Waals surface area contributed by atoms with Crippen molar-refractivity contribution in [3.8, 4) is 0 Å². The molecule has 0 aliphatic carbocycles. The van der Waals surface area contributed by atoms with Gasteiger partial charge in [-0.05, 0) is 26.3 Å². The van der Waals surface area contributed by atoms with Crippen LogP contribution in [0.25, 0.3) is 0 Å². The molecule has 7 heteroatoms. The van der Waals surface area contributed by atoms with Crippen molar-refractivity contribution in [1.29, 1.82) is 0 Å². The molecule has 1 fully saturated rings. The maximum absolute atomic E-state index is 12.3. The van der Waals surface area contributed by atoms with Crippen LogP contribution in [0.15, 0.2) is 30.3 Å². The number of nitrogens with one attached hydrogen (secondary N) is 2. The molecule has 1 unspecified atom stereocenters. The third kappa shape index (κ3) is 5.86. The third-order valence-corrected chi connectivity index (χ3v) is 3.69. The number of carbonyl (C=O) groups excluding carboxylic acids is 3. The Kier molecular flexibility index (Phi) is 6.14. The normalized spacial score (nSPS) is 17.7. The van der Waals surface area contributed by atoms with Crippen LogP contribution in [0.3, 0.4) is 0 Å². The Morgan fingerprint density at radius 2 is 1.84 bits per heavy atom. The standard InChI is InChI=1S/C18H25N3O4/c1-18(2,3)20-17(24)16(23)19-11-15(22)21-9-10-25-14(12-21)13-7-5-4-6-8-13/h4-8,14H,9-12H2,1-3H3,(H,19,23)(H,20,24). The highest BCUT2D eigenvalue weighted by molar-refractivity contribution is 6.35. The van der Waals surface area contributed by atoms with E-state index in [0.717, 1.165) is 5.56 Å². The van der Waals surface area contributed by atoms with E-state index in [4.69, 9.17) is 4.74 Å². The van der Waals surface area contributed by atoms with Crippen molar-refractivity contribution in [1.82, 2.24) is 15.5 Å². The summed E-state index contributed by atoms with van der Waals surface area (Å²) in [6, 6.07) is 9.68. The van der Waals surface area contributed by atoms with Gasteiger partial charge in [-0.25, -0.2) is 0 Å². The van der Waals surface area contributed by atoms with Gasteiger partial charge in [0.2, 0.25) is 5.91 Å². The van der Waals surface area contributed by atoms with Crippen molar-refractivity contribution < 1.29 is 19.1 Å². The summed E-state index contributed by atoms with van der Waals surface area (Å²) in [5.74, 6) is -1.79. The molecule has 1 atom stereocenters. The molecule has 0 radical (unpaired) electrons. The molecule has 1 aromatic rings. The van der Waals surface area contributed by atoms with Gasteiger partial charge < -0.3 is 20.3 Å². The fourth-order valence-electron chi connectivity index (χ4n) is 2.49. The van der Waals surface area contributed by atoms with Gasteiger partial charge >= 0.3 is 11.8 Å². The maximum atomic E-state index is 12.3. The molecular formula is C18H25N3O4. The first-order valence-corrected chi connectivity index (χ1v) is 8.31. The fourth-order valence-corrected chi connectivity index (χ4v) is 2.49. The first kappa shape index (κ1) is 18.9. The van der Waals surface area contributed by atoms with E-state index >= 15 is 0 Å². The summed E-state index contributed by atoms with van der Waals surface area (Å²) in [5, 5.41) is 4.93. The molecule has 1 aromatic carbocycles. The van der Waals surface area contributed by atoms with Crippen molar-refractivity contribution >= 4 is 17.7 Å². The molecule has 136 valence electrons. The Balaban J connectivity index is 1.84. The van der Waals surface area contributed by atoms with Crippen molar-refractivity contribution in [2.75, 3.05) is 26.2 Å². The summed E-state index contributed by atoms with van der Waals surface area (Å²) in [6.07, 6.45) is -0.182.